The van der Waals surface area contributed by atoms with Gasteiger partial charge in [-0.15, -0.1) is 0 Å². The van der Waals surface area contributed by atoms with Gasteiger partial charge in [-0.2, -0.15) is 0 Å². The number of carbonyl (C=O) groups excluding carboxylic acids is 2. The van der Waals surface area contributed by atoms with E-state index in [4.69, 9.17) is 9.47 Å². The Labute approximate surface area is 225 Å². The Kier molecular flexibility index (Phi) is 26.2. The van der Waals surface area contributed by atoms with E-state index >= 15 is 0 Å². The van der Waals surface area contributed by atoms with Crippen molar-refractivity contribution in [3.63, 3.8) is 0 Å². The molecule has 2 unspecified atom stereocenters. The molecule has 0 aromatic heterocycles. The Balaban J connectivity index is 3.35. The molecule has 4 nitrogen and oxygen atoms in total. The predicted molar refractivity (Wildman–Crippen MR) is 153 cm³/mol. The molecular weight excluding hydrogens is 448 g/mol. The summed E-state index contributed by atoms with van der Waals surface area (Å²) in [7, 11) is 0. The van der Waals surface area contributed by atoms with E-state index in [0.29, 0.717) is 25.6 Å². The van der Waals surface area contributed by atoms with Crippen molar-refractivity contribution in [2.24, 2.45) is 11.8 Å². The molecule has 0 rings (SSSR count). The second-order valence-electron chi connectivity index (χ2n) is 11.1. The van der Waals surface area contributed by atoms with Gasteiger partial charge in [0.1, 0.15) is 0 Å². The molecule has 0 saturated heterocycles. The molecule has 2 atom stereocenters. The summed E-state index contributed by atoms with van der Waals surface area (Å²) in [6.45, 7) is 9.74. The number of unbranched alkanes of at least 4 members (excludes halogenated alkanes) is 17. The molecule has 0 N–H and O–H groups in total. The van der Waals surface area contributed by atoms with Gasteiger partial charge in [-0.3, -0.25) is 9.59 Å². The molecule has 0 aromatic carbocycles. The normalized spacial score (nSPS) is 12.9. The maximum atomic E-state index is 12.1. The van der Waals surface area contributed by atoms with E-state index < -0.39 is 0 Å². The summed E-state index contributed by atoms with van der Waals surface area (Å²) >= 11 is 0. The predicted octanol–water partition coefficient (Wildman–Crippen LogP) is 9.97. The first-order valence-corrected chi connectivity index (χ1v) is 15.8. The Hall–Kier alpha value is -1.06. The number of esters is 2. The molecule has 214 valence electrons. The highest BCUT2D eigenvalue weighted by Gasteiger charge is 2.21. The molecule has 0 amide bonds. The van der Waals surface area contributed by atoms with Gasteiger partial charge < -0.3 is 9.47 Å². The summed E-state index contributed by atoms with van der Waals surface area (Å²) in [5, 5.41) is 0. The van der Waals surface area contributed by atoms with Gasteiger partial charge in [-0.1, -0.05) is 137 Å². The summed E-state index contributed by atoms with van der Waals surface area (Å²) in [5.74, 6) is 0.426. The highest BCUT2D eigenvalue weighted by Crippen LogP contribution is 2.21. The lowest BCUT2D eigenvalue weighted by Gasteiger charge is -2.18. The molecule has 4 heteroatoms. The average molecular weight is 511 g/mol. The lowest BCUT2D eigenvalue weighted by atomic mass is 9.90. The van der Waals surface area contributed by atoms with Crippen molar-refractivity contribution in [1.82, 2.24) is 0 Å². The fourth-order valence-corrected chi connectivity index (χ4v) is 4.61. The van der Waals surface area contributed by atoms with Gasteiger partial charge in [0.15, 0.2) is 0 Å². The van der Waals surface area contributed by atoms with Crippen LogP contribution in [0.3, 0.4) is 0 Å². The van der Waals surface area contributed by atoms with Crippen LogP contribution in [0.4, 0.5) is 0 Å². The Morgan fingerprint density at radius 1 is 0.528 bits per heavy atom. The summed E-state index contributed by atoms with van der Waals surface area (Å²) in [6.07, 6.45) is 26.4. The molecule has 0 aliphatic carbocycles. The van der Waals surface area contributed by atoms with Crippen LogP contribution in [-0.4, -0.2) is 25.2 Å². The van der Waals surface area contributed by atoms with Gasteiger partial charge in [0.25, 0.3) is 0 Å². The highest BCUT2D eigenvalue weighted by atomic mass is 16.5. The van der Waals surface area contributed by atoms with Crippen molar-refractivity contribution in [3.8, 4) is 0 Å². The zero-order chi connectivity index (χ0) is 26.7. The van der Waals surface area contributed by atoms with E-state index in [-0.39, 0.29) is 17.9 Å². The van der Waals surface area contributed by atoms with Crippen LogP contribution < -0.4 is 0 Å². The van der Waals surface area contributed by atoms with E-state index in [2.05, 4.69) is 20.8 Å². The van der Waals surface area contributed by atoms with Crippen LogP contribution in [0.15, 0.2) is 0 Å². The minimum atomic E-state index is -0.00894. The van der Waals surface area contributed by atoms with Crippen LogP contribution >= 0.6 is 0 Å². The van der Waals surface area contributed by atoms with Crippen LogP contribution in [0.2, 0.25) is 0 Å². The first-order chi connectivity index (χ1) is 17.5. The number of carbonyl (C=O) groups is 2. The van der Waals surface area contributed by atoms with Crippen molar-refractivity contribution in [3.05, 3.63) is 0 Å². The molecule has 0 heterocycles. The third-order valence-corrected chi connectivity index (χ3v) is 7.52. The summed E-state index contributed by atoms with van der Waals surface area (Å²) in [5.41, 5.74) is 0. The summed E-state index contributed by atoms with van der Waals surface area (Å²) in [6, 6.07) is 0. The van der Waals surface area contributed by atoms with Gasteiger partial charge in [0.2, 0.25) is 0 Å². The molecule has 0 fully saturated rings. The lowest BCUT2D eigenvalue weighted by Crippen LogP contribution is -2.22. The monoisotopic (exact) mass is 510 g/mol. The number of rotatable bonds is 27. The molecule has 0 aromatic rings. The first-order valence-electron chi connectivity index (χ1n) is 15.8. The van der Waals surface area contributed by atoms with Crippen LogP contribution in [0.1, 0.15) is 169 Å². The second-order valence-corrected chi connectivity index (χ2v) is 11.1. The molecule has 0 aliphatic rings. The third-order valence-electron chi connectivity index (χ3n) is 7.52. The molecular formula is C32H62O4. The average Bonchev–Trinajstić information content (AvgIpc) is 2.88. The molecule has 0 aliphatic heterocycles. The van der Waals surface area contributed by atoms with E-state index in [1.54, 1.807) is 0 Å². The van der Waals surface area contributed by atoms with Gasteiger partial charge in [0.05, 0.1) is 19.1 Å². The number of hydrogen-bond acceptors (Lipinski definition) is 4. The summed E-state index contributed by atoms with van der Waals surface area (Å²) in [4.78, 5) is 23.8. The van der Waals surface area contributed by atoms with Gasteiger partial charge in [-0.05, 0) is 31.6 Å². The zero-order valence-corrected chi connectivity index (χ0v) is 24.8. The van der Waals surface area contributed by atoms with Crippen LogP contribution in [0, 0.1) is 11.8 Å². The van der Waals surface area contributed by atoms with Crippen LogP contribution in [0.25, 0.3) is 0 Å². The largest absolute Gasteiger partial charge is 0.466 e. The van der Waals surface area contributed by atoms with Crippen molar-refractivity contribution >= 4 is 11.9 Å². The maximum Gasteiger partial charge on any atom is 0.308 e. The standard InChI is InChI=1S/C32H62O4/c1-5-7-23-27-35-31(33)26-22-20-18-16-14-12-10-9-11-13-15-17-19-21-25-29(3)30(4)32(34)36-28-24-8-6-2/h29-30H,5-28H2,1-4H3. The minimum absolute atomic E-state index is 0.00584. The van der Waals surface area contributed by atoms with Gasteiger partial charge in [0, 0.05) is 6.42 Å². The lowest BCUT2D eigenvalue weighted by molar-refractivity contribution is -0.150. The van der Waals surface area contributed by atoms with E-state index in [1.165, 1.54) is 83.5 Å². The van der Waals surface area contributed by atoms with E-state index in [0.717, 1.165) is 51.4 Å². The Bertz CT molecular complexity index is 491. The second kappa shape index (κ2) is 27.0. The number of ether oxygens (including phenoxy) is 2. The van der Waals surface area contributed by atoms with Crippen LogP contribution in [0.5, 0.6) is 0 Å². The fraction of sp³-hybridized carbons (Fsp3) is 0.938. The van der Waals surface area contributed by atoms with Crippen molar-refractivity contribution in [2.45, 2.75) is 169 Å². The molecule has 0 saturated carbocycles. The Morgan fingerprint density at radius 2 is 0.944 bits per heavy atom. The fourth-order valence-electron chi connectivity index (χ4n) is 4.61. The number of hydrogen-bond donors (Lipinski definition) is 0. The smallest absolute Gasteiger partial charge is 0.308 e. The van der Waals surface area contributed by atoms with Crippen molar-refractivity contribution in [1.29, 1.82) is 0 Å². The zero-order valence-electron chi connectivity index (χ0n) is 24.8. The molecule has 0 bridgehead atoms. The van der Waals surface area contributed by atoms with E-state index in [1.807, 2.05) is 6.92 Å². The van der Waals surface area contributed by atoms with Crippen LogP contribution in [-0.2, 0) is 19.1 Å². The quantitative estimate of drug-likeness (QED) is 0.0814. The minimum Gasteiger partial charge on any atom is -0.466 e. The first kappa shape index (κ1) is 34.9. The molecule has 0 radical (unpaired) electrons. The molecule has 36 heavy (non-hydrogen) atoms. The van der Waals surface area contributed by atoms with Crippen molar-refractivity contribution in [2.75, 3.05) is 13.2 Å². The Morgan fingerprint density at radius 3 is 1.42 bits per heavy atom. The maximum absolute atomic E-state index is 12.1. The van der Waals surface area contributed by atoms with Gasteiger partial charge in [-0.25, -0.2) is 0 Å². The SMILES string of the molecule is CCCCCOC(=O)CCCCCCCCCCCCCCCCC(C)C(C)C(=O)OCCCCC. The highest BCUT2D eigenvalue weighted by molar-refractivity contribution is 5.72. The summed E-state index contributed by atoms with van der Waals surface area (Å²) < 4.78 is 10.7. The van der Waals surface area contributed by atoms with E-state index in [9.17, 15) is 9.59 Å². The van der Waals surface area contributed by atoms with Gasteiger partial charge >= 0.3 is 11.9 Å². The third kappa shape index (κ3) is 23.3. The van der Waals surface area contributed by atoms with Crippen molar-refractivity contribution < 1.29 is 19.1 Å². The topological polar surface area (TPSA) is 52.6 Å². The molecule has 0 spiro atoms.